The predicted molar refractivity (Wildman–Crippen MR) is 519 cm³/mol. The molecule has 0 heterocycles. The Morgan fingerprint density at radius 2 is 0.606 bits per heavy atom. The summed E-state index contributed by atoms with van der Waals surface area (Å²) in [5.41, 5.74) is 28.8. The van der Waals surface area contributed by atoms with E-state index in [1.54, 1.807) is 38.1 Å². The van der Waals surface area contributed by atoms with Gasteiger partial charge in [0.25, 0.3) is 6.43 Å². The monoisotopic (exact) mass is 1920 g/mol. The third-order valence-corrected chi connectivity index (χ3v) is 28.3. The Balaban J connectivity index is 0.000000159. The van der Waals surface area contributed by atoms with Crippen molar-refractivity contribution in [3.63, 3.8) is 0 Å². The Labute approximate surface area is 804 Å². The molecule has 9 aromatic carbocycles. The molecule has 9 aliphatic carbocycles. The highest BCUT2D eigenvalue weighted by Gasteiger charge is 2.38. The summed E-state index contributed by atoms with van der Waals surface area (Å²) < 4.78 is 225. The van der Waals surface area contributed by atoms with Crippen molar-refractivity contribution >= 4 is 0 Å². The van der Waals surface area contributed by atoms with Crippen LogP contribution in [0, 0.1) is 121 Å². The van der Waals surface area contributed by atoms with Crippen molar-refractivity contribution in [2.24, 2.45) is 53.3 Å². The lowest BCUT2D eigenvalue weighted by molar-refractivity contribution is -0.275. The standard InChI is InChI=1S/C13H15F3O.C13H15F3.2C13H16F2O.C13H16F2.2C13H17FO.C13H17F.C12H15F/c1-8-3-6-11-10(7-8)5-4-9(2)12(11)17-13(14,15)16;1-8-3-4-10-5-9(2)7-12(11(10)6-8)13(14,15)16;1-8-3-6-11-10(7-8)5-4-9(2)12(11)16-13(14)15;1-8-3-4-10-5-9(2)7-12(11(10)6-8)16-13(14)15;1-8-3-4-10-5-9(2)7-12(13(14)15)11(10)6-8;2*1-9-3-4-11-5-10(2)7-13(15-8-14)12(11)6-9;1-9-3-4-11-5-10(2)6-12(8-14)13(11)7-9;1-8-3-4-10-5-9(2)7-12(13)11(10)6-8/h4-5,8H,3,6-7H2,1-2H3;5,7-8H,3-4,6H2,1-2H3;4-5,8,13H,3,6-7H2,1-2H3;5,7-8,13H,3-4,6H2,1-2H3;5,7-8,13H,3-4,6H2,1-2H3;2*5,7,9H,3-4,6,8H2,1-2H3;5-6,9H,3-4,7-8H2,1-2H3;5,7-8H,3-4,6H2,1-2H3. The van der Waals surface area contributed by atoms with Crippen molar-refractivity contribution < 1.29 is 93.9 Å². The topological polar surface area (TPSA) is 46.2 Å². The number of rotatable bonds is 11. The van der Waals surface area contributed by atoms with Gasteiger partial charge < -0.3 is 23.7 Å². The molecule has 0 aromatic heterocycles. The van der Waals surface area contributed by atoms with Crippen LogP contribution in [0.15, 0.2) is 109 Å². The fraction of sp³-hybridized carbons (Fsp3) is 0.534. The predicted octanol–water partition coefficient (Wildman–Crippen LogP) is 33.4. The third kappa shape index (κ3) is 31.9. The van der Waals surface area contributed by atoms with Gasteiger partial charge in [-0.05, 0) is 458 Å². The van der Waals surface area contributed by atoms with E-state index in [0.717, 1.165) is 236 Å². The zero-order chi connectivity index (χ0) is 100. The number of benzene rings is 9. The average Bonchev–Trinajstić information content (AvgIpc) is 0.790. The molecule has 0 radical (unpaired) electrons. The molecule has 137 heavy (non-hydrogen) atoms. The zero-order valence-corrected chi connectivity index (χ0v) is 83.6. The van der Waals surface area contributed by atoms with Crippen LogP contribution in [0.25, 0.3) is 0 Å². The molecular formula is C116H144F16O5. The molecule has 0 amide bonds. The van der Waals surface area contributed by atoms with E-state index in [0.29, 0.717) is 88.4 Å². The molecule has 0 spiro atoms. The summed E-state index contributed by atoms with van der Waals surface area (Å²) in [6.07, 6.45) is 15.6. The van der Waals surface area contributed by atoms with Gasteiger partial charge in [0.05, 0.1) is 5.56 Å². The van der Waals surface area contributed by atoms with Gasteiger partial charge in [0, 0.05) is 5.56 Å². The lowest BCUT2D eigenvalue weighted by atomic mass is 9.81. The van der Waals surface area contributed by atoms with Gasteiger partial charge in [-0.2, -0.15) is 30.7 Å². The van der Waals surface area contributed by atoms with Gasteiger partial charge in [0.1, 0.15) is 41.2 Å². The summed E-state index contributed by atoms with van der Waals surface area (Å²) in [5, 5.41) is 0. The van der Waals surface area contributed by atoms with Crippen LogP contribution in [0.3, 0.4) is 0 Å². The van der Waals surface area contributed by atoms with Gasteiger partial charge >= 0.3 is 25.8 Å². The quantitative estimate of drug-likeness (QED) is 0.121. The molecule has 0 fully saturated rings. The van der Waals surface area contributed by atoms with Crippen LogP contribution in [0.2, 0.25) is 0 Å². The van der Waals surface area contributed by atoms with E-state index in [2.05, 4.69) is 113 Å². The summed E-state index contributed by atoms with van der Waals surface area (Å²) in [7, 11) is 0. The van der Waals surface area contributed by atoms with Gasteiger partial charge in [0.15, 0.2) is 0 Å². The van der Waals surface area contributed by atoms with E-state index in [9.17, 15) is 70.2 Å². The maximum atomic E-state index is 13.5. The molecule has 21 heteroatoms. The average molecular weight is 1920 g/mol. The number of aryl methyl sites for hydroxylation is 16. The Kier molecular flexibility index (Phi) is 40.3. The summed E-state index contributed by atoms with van der Waals surface area (Å²) in [4.78, 5) is 0. The molecule has 5 nitrogen and oxygen atoms in total. The van der Waals surface area contributed by atoms with Gasteiger partial charge in [-0.3, -0.25) is 0 Å². The third-order valence-electron chi connectivity index (χ3n) is 28.3. The minimum atomic E-state index is -4.61. The maximum Gasteiger partial charge on any atom is 0.573 e. The van der Waals surface area contributed by atoms with E-state index in [1.807, 2.05) is 90.9 Å². The number of hydrogen-bond donors (Lipinski definition) is 0. The number of fused-ring (bicyclic) bond motifs is 9. The van der Waals surface area contributed by atoms with Crippen LogP contribution >= 0.6 is 0 Å². The molecule has 0 saturated heterocycles. The van der Waals surface area contributed by atoms with Crippen LogP contribution in [0.1, 0.15) is 293 Å². The largest absolute Gasteiger partial charge is 0.573 e. The molecule has 750 valence electrons. The SMILES string of the molecule is Cc1cc(CF)c2c(c1)CCC(C)C2.Cc1cc(F)c2c(c1)CCC(C)C2.Cc1cc2c(c(C(F)(F)F)c1)CC(C)CC2.Cc1cc2c(c(C(F)F)c1)CC(C)CC2.Cc1cc2c(c(OC(F)F)c1)CC(C)CC2.Cc1cc2c(c(OCF)c1)CC(C)CC2.Cc1cc2c(c(OCF)c1)CC(C)CC2.Cc1ccc2c(c1OC(F)(F)F)CCC(C)C2.Cc1ccc2c(c1OC(F)F)CCC(C)C2. The lowest BCUT2D eigenvalue weighted by Crippen LogP contribution is -2.21. The molecule has 0 N–H and O–H groups in total. The highest BCUT2D eigenvalue weighted by Crippen LogP contribution is 2.45. The molecule has 18 rings (SSSR count). The first-order valence-electron chi connectivity index (χ1n) is 49.4. The van der Waals surface area contributed by atoms with Crippen molar-refractivity contribution in [3.05, 3.63) is 282 Å². The normalized spacial score (nSPS) is 20.2. The van der Waals surface area contributed by atoms with Crippen LogP contribution in [0.4, 0.5) is 70.2 Å². The summed E-state index contributed by atoms with van der Waals surface area (Å²) in [6.45, 7) is 29.4. The van der Waals surface area contributed by atoms with E-state index < -0.39 is 51.5 Å². The van der Waals surface area contributed by atoms with Crippen molar-refractivity contribution in [2.75, 3.05) is 13.7 Å². The Morgan fingerprint density at radius 3 is 1.00 bits per heavy atom. The Hall–Kier alpha value is -9.14. The van der Waals surface area contributed by atoms with Crippen molar-refractivity contribution in [3.8, 4) is 28.7 Å². The first kappa shape index (κ1) is 110. The molecule has 9 atom stereocenters. The minimum absolute atomic E-state index is 0.00144. The highest BCUT2D eigenvalue weighted by molar-refractivity contribution is 5.52. The van der Waals surface area contributed by atoms with Crippen LogP contribution < -0.4 is 23.7 Å². The van der Waals surface area contributed by atoms with Gasteiger partial charge in [-0.1, -0.05) is 158 Å². The lowest BCUT2D eigenvalue weighted by Gasteiger charge is -2.25. The first-order valence-corrected chi connectivity index (χ1v) is 49.4. The molecule has 9 unspecified atom stereocenters. The highest BCUT2D eigenvalue weighted by atomic mass is 19.4. The molecule has 0 saturated carbocycles. The maximum absolute atomic E-state index is 13.5. The second-order valence-electron chi connectivity index (χ2n) is 41.2. The van der Waals surface area contributed by atoms with E-state index >= 15 is 0 Å². The number of alkyl halides is 15. The molecule has 0 bridgehead atoms. The van der Waals surface area contributed by atoms with Crippen molar-refractivity contribution in [1.82, 2.24) is 0 Å². The van der Waals surface area contributed by atoms with Crippen LogP contribution in [0.5, 0.6) is 28.7 Å². The van der Waals surface area contributed by atoms with Gasteiger partial charge in [-0.25, -0.2) is 26.3 Å². The summed E-state index contributed by atoms with van der Waals surface area (Å²) in [5.74, 6) is 7.63. The summed E-state index contributed by atoms with van der Waals surface area (Å²) >= 11 is 0. The first-order chi connectivity index (χ1) is 64.7. The second kappa shape index (κ2) is 50.3. The van der Waals surface area contributed by atoms with Crippen molar-refractivity contribution in [2.45, 2.75) is 337 Å². The van der Waals surface area contributed by atoms with Crippen LogP contribution in [-0.2, 0) is 128 Å². The molecule has 0 aliphatic heterocycles. The molecule has 9 aliphatic rings. The Morgan fingerprint density at radius 1 is 0.299 bits per heavy atom. The van der Waals surface area contributed by atoms with E-state index in [1.165, 1.54) is 87.4 Å². The number of hydrogen-bond acceptors (Lipinski definition) is 5. The fourth-order valence-electron chi connectivity index (χ4n) is 21.3. The van der Waals surface area contributed by atoms with E-state index in [-0.39, 0.29) is 23.8 Å². The number of halogens is 16. The van der Waals surface area contributed by atoms with E-state index in [4.69, 9.17) is 9.47 Å². The summed E-state index contributed by atoms with van der Waals surface area (Å²) in [6, 6.07) is 34.5. The molecule has 9 aromatic rings. The molecular weight excluding hydrogens is 1780 g/mol. The van der Waals surface area contributed by atoms with Crippen molar-refractivity contribution in [1.29, 1.82) is 0 Å². The zero-order valence-electron chi connectivity index (χ0n) is 83.6. The minimum Gasteiger partial charge on any atom is -0.463 e. The van der Waals surface area contributed by atoms with Gasteiger partial charge in [0.2, 0.25) is 13.7 Å². The van der Waals surface area contributed by atoms with Crippen LogP contribution in [-0.4, -0.2) is 33.3 Å². The smallest absolute Gasteiger partial charge is 0.463 e. The fourth-order valence-corrected chi connectivity index (χ4v) is 21.3. The van der Waals surface area contributed by atoms with Gasteiger partial charge in [-0.15, -0.1) is 13.2 Å². The number of ether oxygens (including phenoxy) is 5. The Bertz CT molecular complexity index is 5390. The second-order valence-corrected chi connectivity index (χ2v) is 41.2.